The van der Waals surface area contributed by atoms with E-state index in [0.717, 1.165) is 41.9 Å². The molecule has 0 unspecified atom stereocenters. The molecule has 0 radical (unpaired) electrons. The van der Waals surface area contributed by atoms with E-state index in [9.17, 15) is 28.8 Å². The number of esters is 5. The molecule has 0 aromatic rings. The Morgan fingerprint density at radius 1 is 0.667 bits per heavy atom. The van der Waals surface area contributed by atoms with Gasteiger partial charge in [-0.25, -0.2) is 4.79 Å². The van der Waals surface area contributed by atoms with Crippen LogP contribution in [0, 0.1) is 0 Å². The fourth-order valence-electron chi connectivity index (χ4n) is 2.41. The highest BCUT2D eigenvalue weighted by Gasteiger charge is 2.43. The summed E-state index contributed by atoms with van der Waals surface area (Å²) in [5, 5.41) is 0. The Hall–Kier alpha value is -3.02. The van der Waals surface area contributed by atoms with Gasteiger partial charge < -0.3 is 28.4 Å². The molecule has 4 atom stereocenters. The lowest BCUT2D eigenvalue weighted by molar-refractivity contribution is -0.200. The first kappa shape index (κ1) is 27.0. The minimum absolute atomic E-state index is 0.550. The van der Waals surface area contributed by atoms with Crippen LogP contribution in [0.25, 0.3) is 0 Å². The Balaban J connectivity index is 6.11. The van der Waals surface area contributed by atoms with Crippen molar-refractivity contribution in [1.29, 1.82) is 0 Å². The van der Waals surface area contributed by atoms with E-state index in [4.69, 9.17) is 23.7 Å². The molecule has 0 heterocycles. The topological polar surface area (TPSA) is 158 Å². The highest BCUT2D eigenvalue weighted by Crippen LogP contribution is 2.21. The van der Waals surface area contributed by atoms with Crippen LogP contribution in [-0.2, 0) is 57.2 Å². The van der Waals surface area contributed by atoms with E-state index in [1.54, 1.807) is 0 Å². The molecule has 0 rings (SSSR count). The van der Waals surface area contributed by atoms with Crippen LogP contribution >= 0.6 is 0 Å². The minimum atomic E-state index is -1.54. The number of rotatable bonds is 12. The number of carbonyl (C=O) groups is 6. The van der Waals surface area contributed by atoms with Crippen LogP contribution in [0.1, 0.15) is 34.1 Å². The SMILES string of the molecule is COC(=O)C(=O)C[C@@H](OC)[C@@H](OC(C)=O)[C@H](OC(C)=O)[C@@H](COC(C)=O)OC(C)=O. The van der Waals surface area contributed by atoms with Crippen molar-refractivity contribution in [1.82, 2.24) is 0 Å². The number of Topliss-reactive ketones (excluding diaryl/α,β-unsaturated/α-hetero) is 1. The van der Waals surface area contributed by atoms with Crippen molar-refractivity contribution >= 4 is 35.6 Å². The molecule has 0 fully saturated rings. The summed E-state index contributed by atoms with van der Waals surface area (Å²) in [6, 6.07) is 0. The highest BCUT2D eigenvalue weighted by atomic mass is 16.6. The number of ether oxygens (including phenoxy) is 6. The van der Waals surface area contributed by atoms with Crippen molar-refractivity contribution in [2.24, 2.45) is 0 Å². The highest BCUT2D eigenvalue weighted by molar-refractivity contribution is 6.33. The van der Waals surface area contributed by atoms with Gasteiger partial charge in [0.1, 0.15) is 12.7 Å². The maximum absolute atomic E-state index is 12.0. The van der Waals surface area contributed by atoms with E-state index >= 15 is 0 Å². The first-order valence-corrected chi connectivity index (χ1v) is 8.71. The molecule has 0 saturated carbocycles. The number of ketones is 1. The fraction of sp³-hybridized carbons (Fsp3) is 0.667. The van der Waals surface area contributed by atoms with Crippen molar-refractivity contribution in [3.05, 3.63) is 0 Å². The molecule has 0 bridgehead atoms. The van der Waals surface area contributed by atoms with Gasteiger partial charge in [-0.05, 0) is 0 Å². The predicted molar refractivity (Wildman–Crippen MR) is 95.7 cm³/mol. The molecule has 0 aromatic heterocycles. The average Bonchev–Trinajstić information content (AvgIpc) is 2.64. The summed E-state index contributed by atoms with van der Waals surface area (Å²) < 4.78 is 29.8. The molecule has 0 N–H and O–H groups in total. The number of hydrogen-bond acceptors (Lipinski definition) is 12. The third-order valence-electron chi connectivity index (χ3n) is 3.53. The van der Waals surface area contributed by atoms with E-state index in [2.05, 4.69) is 4.74 Å². The first-order chi connectivity index (χ1) is 13.9. The van der Waals surface area contributed by atoms with E-state index in [0.29, 0.717) is 0 Å². The molecule has 0 aliphatic carbocycles. The summed E-state index contributed by atoms with van der Waals surface area (Å²) in [6.07, 6.45) is -6.38. The van der Waals surface area contributed by atoms with Gasteiger partial charge in [0, 0.05) is 41.2 Å². The molecule has 12 nitrogen and oxygen atoms in total. The van der Waals surface area contributed by atoms with Crippen LogP contribution in [0.4, 0.5) is 0 Å². The normalized spacial score (nSPS) is 14.3. The van der Waals surface area contributed by atoms with Crippen LogP contribution < -0.4 is 0 Å². The number of carbonyl (C=O) groups excluding carboxylic acids is 6. The molecule has 170 valence electrons. The standard InChI is InChI=1S/C18H26O12/c1-9(19)27-8-15(28-10(2)20)17(30-12(4)22)16(29-11(3)21)14(25-5)7-13(23)18(24)26-6/h14-17H,7-8H2,1-6H3/t14-,15-,16-,17-/m1/s1. The molecule has 0 aliphatic rings. The number of hydrogen-bond donors (Lipinski definition) is 0. The first-order valence-electron chi connectivity index (χ1n) is 8.71. The molecule has 30 heavy (non-hydrogen) atoms. The van der Waals surface area contributed by atoms with Gasteiger partial charge in [-0.15, -0.1) is 0 Å². The van der Waals surface area contributed by atoms with Crippen LogP contribution in [0.2, 0.25) is 0 Å². The van der Waals surface area contributed by atoms with E-state index in [1.807, 2.05) is 0 Å². The van der Waals surface area contributed by atoms with E-state index in [1.165, 1.54) is 0 Å². The van der Waals surface area contributed by atoms with Gasteiger partial charge >= 0.3 is 29.8 Å². The van der Waals surface area contributed by atoms with Crippen molar-refractivity contribution < 1.29 is 57.2 Å². The van der Waals surface area contributed by atoms with Crippen LogP contribution in [0.5, 0.6) is 0 Å². The second-order valence-electron chi connectivity index (χ2n) is 5.99. The zero-order chi connectivity index (χ0) is 23.4. The summed E-state index contributed by atoms with van der Waals surface area (Å²) in [5.74, 6) is -5.41. The average molecular weight is 434 g/mol. The molecule has 0 aliphatic heterocycles. The van der Waals surface area contributed by atoms with Crippen LogP contribution in [0.15, 0.2) is 0 Å². The van der Waals surface area contributed by atoms with E-state index in [-0.39, 0.29) is 0 Å². The van der Waals surface area contributed by atoms with Gasteiger partial charge in [-0.2, -0.15) is 0 Å². The molecule has 0 aromatic carbocycles. The Labute approximate surface area is 173 Å². The lowest BCUT2D eigenvalue weighted by Crippen LogP contribution is -2.53. The summed E-state index contributed by atoms with van der Waals surface area (Å²) in [5.41, 5.74) is 0. The van der Waals surface area contributed by atoms with Gasteiger partial charge in [0.15, 0.2) is 18.3 Å². The molecular formula is C18H26O12. The minimum Gasteiger partial charge on any atom is -0.463 e. The zero-order valence-corrected chi connectivity index (χ0v) is 17.6. The van der Waals surface area contributed by atoms with Gasteiger partial charge in [0.05, 0.1) is 7.11 Å². The van der Waals surface area contributed by atoms with Crippen molar-refractivity contribution in [3.63, 3.8) is 0 Å². The lowest BCUT2D eigenvalue weighted by Gasteiger charge is -2.35. The second kappa shape index (κ2) is 13.2. The zero-order valence-electron chi connectivity index (χ0n) is 17.6. The van der Waals surface area contributed by atoms with Crippen molar-refractivity contribution in [2.45, 2.75) is 58.5 Å². The van der Waals surface area contributed by atoms with Gasteiger partial charge in [-0.1, -0.05) is 0 Å². The Morgan fingerprint density at radius 3 is 1.50 bits per heavy atom. The van der Waals surface area contributed by atoms with Crippen LogP contribution in [-0.4, -0.2) is 80.9 Å². The summed E-state index contributed by atoms with van der Waals surface area (Å²) in [6.45, 7) is 3.69. The second-order valence-corrected chi connectivity index (χ2v) is 5.99. The molecular weight excluding hydrogens is 408 g/mol. The lowest BCUT2D eigenvalue weighted by atomic mass is 9.98. The quantitative estimate of drug-likeness (QED) is 0.220. The summed E-state index contributed by atoms with van der Waals surface area (Å²) in [4.78, 5) is 69.5. The maximum Gasteiger partial charge on any atom is 0.374 e. The Kier molecular flexibility index (Phi) is 11.9. The van der Waals surface area contributed by atoms with Crippen LogP contribution in [0.3, 0.4) is 0 Å². The van der Waals surface area contributed by atoms with Gasteiger partial charge in [-0.3, -0.25) is 24.0 Å². The fourth-order valence-corrected chi connectivity index (χ4v) is 2.41. The predicted octanol–water partition coefficient (Wildman–Crippen LogP) is -0.508. The van der Waals surface area contributed by atoms with E-state index < -0.39 is 73.1 Å². The third-order valence-corrected chi connectivity index (χ3v) is 3.53. The summed E-state index contributed by atoms with van der Waals surface area (Å²) in [7, 11) is 2.16. The smallest absolute Gasteiger partial charge is 0.374 e. The Morgan fingerprint density at radius 2 is 1.13 bits per heavy atom. The summed E-state index contributed by atoms with van der Waals surface area (Å²) >= 11 is 0. The monoisotopic (exact) mass is 434 g/mol. The maximum atomic E-state index is 12.0. The van der Waals surface area contributed by atoms with Crippen molar-refractivity contribution in [2.75, 3.05) is 20.8 Å². The van der Waals surface area contributed by atoms with Crippen molar-refractivity contribution in [3.8, 4) is 0 Å². The number of methoxy groups -OCH3 is 2. The third kappa shape index (κ3) is 9.96. The largest absolute Gasteiger partial charge is 0.463 e. The van der Waals surface area contributed by atoms with Gasteiger partial charge in [0.25, 0.3) is 0 Å². The molecule has 0 saturated heterocycles. The molecule has 12 heteroatoms. The van der Waals surface area contributed by atoms with Gasteiger partial charge in [0.2, 0.25) is 5.78 Å². The molecule has 0 amide bonds. The Bertz CT molecular complexity index is 656. The molecule has 0 spiro atoms.